The number of hydrogen-bond acceptors (Lipinski definition) is 5. The summed E-state index contributed by atoms with van der Waals surface area (Å²) in [5.74, 6) is 0.671. The lowest BCUT2D eigenvalue weighted by Gasteiger charge is -2.26. The zero-order valence-electron chi connectivity index (χ0n) is 10.3. The molecule has 0 saturated heterocycles. The average Bonchev–Trinajstić information content (AvgIpc) is 2.37. The van der Waals surface area contributed by atoms with Crippen LogP contribution in [-0.2, 0) is 9.84 Å². The molecule has 0 fully saturated rings. The van der Waals surface area contributed by atoms with Gasteiger partial charge >= 0.3 is 0 Å². The maximum Gasteiger partial charge on any atom is 0.179 e. The minimum Gasteiger partial charge on any atom is -0.486 e. The minimum absolute atomic E-state index is 0.0375. The smallest absolute Gasteiger partial charge is 0.179 e. The maximum atomic E-state index is 11.9. The number of benzene rings is 1. The van der Waals surface area contributed by atoms with E-state index in [0.29, 0.717) is 12.3 Å². The van der Waals surface area contributed by atoms with Gasteiger partial charge in [0, 0.05) is 6.54 Å². The Hall–Kier alpha value is -1.27. The predicted octanol–water partition coefficient (Wildman–Crippen LogP) is 1.00. The summed E-state index contributed by atoms with van der Waals surface area (Å²) in [6.45, 7) is 2.88. The Kier molecular flexibility index (Phi) is 3.77. The zero-order valence-corrected chi connectivity index (χ0v) is 11.2. The van der Waals surface area contributed by atoms with E-state index in [0.717, 1.165) is 12.1 Å². The van der Waals surface area contributed by atoms with Gasteiger partial charge < -0.3 is 15.8 Å². The van der Waals surface area contributed by atoms with Gasteiger partial charge in [0.05, 0.1) is 22.9 Å². The van der Waals surface area contributed by atoms with Gasteiger partial charge in [-0.2, -0.15) is 0 Å². The second-order valence-electron chi connectivity index (χ2n) is 4.29. The Morgan fingerprint density at radius 2 is 2.28 bits per heavy atom. The van der Waals surface area contributed by atoms with E-state index >= 15 is 0 Å². The van der Waals surface area contributed by atoms with Gasteiger partial charge in [0.2, 0.25) is 0 Å². The van der Waals surface area contributed by atoms with Crippen LogP contribution in [0.25, 0.3) is 0 Å². The zero-order chi connectivity index (χ0) is 13.2. The van der Waals surface area contributed by atoms with Crippen LogP contribution in [0.2, 0.25) is 0 Å². The molecule has 0 radical (unpaired) electrons. The van der Waals surface area contributed by atoms with E-state index in [1.807, 2.05) is 0 Å². The largest absolute Gasteiger partial charge is 0.486 e. The van der Waals surface area contributed by atoms with Crippen molar-refractivity contribution < 1.29 is 13.2 Å². The van der Waals surface area contributed by atoms with Gasteiger partial charge in [-0.1, -0.05) is 6.92 Å². The van der Waals surface area contributed by atoms with Crippen molar-refractivity contribution in [2.75, 3.05) is 24.2 Å². The quantitative estimate of drug-likeness (QED) is 0.853. The average molecular weight is 270 g/mol. The van der Waals surface area contributed by atoms with Crippen LogP contribution in [-0.4, -0.2) is 33.4 Å². The monoisotopic (exact) mass is 270 g/mol. The Balaban J connectivity index is 2.29. The van der Waals surface area contributed by atoms with Crippen LogP contribution in [0, 0.1) is 0 Å². The highest BCUT2D eigenvalue weighted by molar-refractivity contribution is 7.91. The number of nitrogens with one attached hydrogen (secondary N) is 1. The van der Waals surface area contributed by atoms with Crippen molar-refractivity contribution in [2.45, 2.75) is 24.3 Å². The lowest BCUT2D eigenvalue weighted by atomic mass is 10.2. The summed E-state index contributed by atoms with van der Waals surface area (Å²) in [6.07, 6.45) is 1.06. The first-order chi connectivity index (χ1) is 8.56. The second kappa shape index (κ2) is 5.16. The molecule has 1 unspecified atom stereocenters. The SMILES string of the molecule is CCC1CNc2cc(S(=O)(=O)CCN)ccc2O1. The third-order valence-corrected chi connectivity index (χ3v) is 4.71. The summed E-state index contributed by atoms with van der Waals surface area (Å²) >= 11 is 0. The van der Waals surface area contributed by atoms with Crippen LogP contribution in [0.1, 0.15) is 13.3 Å². The molecule has 5 nitrogen and oxygen atoms in total. The van der Waals surface area contributed by atoms with Gasteiger partial charge in [-0.15, -0.1) is 0 Å². The van der Waals surface area contributed by atoms with Crippen LogP contribution in [0.4, 0.5) is 5.69 Å². The van der Waals surface area contributed by atoms with E-state index in [1.54, 1.807) is 18.2 Å². The highest BCUT2D eigenvalue weighted by Gasteiger charge is 2.21. The summed E-state index contributed by atoms with van der Waals surface area (Å²) in [5.41, 5.74) is 6.04. The van der Waals surface area contributed by atoms with Crippen LogP contribution in [0.15, 0.2) is 23.1 Å². The normalized spacial score (nSPS) is 18.7. The Labute approximate surface area is 107 Å². The molecule has 0 bridgehead atoms. The van der Waals surface area contributed by atoms with E-state index in [4.69, 9.17) is 10.5 Å². The molecule has 2 rings (SSSR count). The van der Waals surface area contributed by atoms with Gasteiger partial charge in [0.15, 0.2) is 9.84 Å². The Morgan fingerprint density at radius 3 is 2.94 bits per heavy atom. The predicted molar refractivity (Wildman–Crippen MR) is 70.7 cm³/mol. The van der Waals surface area contributed by atoms with Gasteiger partial charge in [-0.05, 0) is 24.6 Å². The van der Waals surface area contributed by atoms with E-state index in [9.17, 15) is 8.42 Å². The fourth-order valence-electron chi connectivity index (χ4n) is 1.89. The number of nitrogens with two attached hydrogens (primary N) is 1. The molecule has 18 heavy (non-hydrogen) atoms. The molecule has 1 heterocycles. The fourth-order valence-corrected chi connectivity index (χ4v) is 3.01. The highest BCUT2D eigenvalue weighted by Crippen LogP contribution is 2.32. The highest BCUT2D eigenvalue weighted by atomic mass is 32.2. The summed E-state index contributed by atoms with van der Waals surface area (Å²) in [5, 5.41) is 3.20. The third-order valence-electron chi connectivity index (χ3n) is 2.97. The molecular formula is C12H18N2O3S. The number of hydrogen-bond donors (Lipinski definition) is 2. The topological polar surface area (TPSA) is 81.4 Å². The number of fused-ring (bicyclic) bond motifs is 1. The van der Waals surface area contributed by atoms with Crippen LogP contribution >= 0.6 is 0 Å². The fraction of sp³-hybridized carbons (Fsp3) is 0.500. The standard InChI is InChI=1S/C12H18N2O3S/c1-2-9-8-14-11-7-10(3-4-12(11)17-9)18(15,16)6-5-13/h3-4,7,9,14H,2,5-6,8,13H2,1H3. The van der Waals surface area contributed by atoms with Crippen molar-refractivity contribution >= 4 is 15.5 Å². The van der Waals surface area contributed by atoms with Crippen molar-refractivity contribution in [3.8, 4) is 5.75 Å². The number of ether oxygens (including phenoxy) is 1. The Morgan fingerprint density at radius 1 is 1.50 bits per heavy atom. The summed E-state index contributed by atoms with van der Waals surface area (Å²) in [7, 11) is -3.28. The lowest BCUT2D eigenvalue weighted by molar-refractivity contribution is 0.201. The van der Waals surface area contributed by atoms with E-state index < -0.39 is 9.84 Å². The first-order valence-corrected chi connectivity index (χ1v) is 7.69. The molecule has 3 N–H and O–H groups in total. The van der Waals surface area contributed by atoms with Crippen molar-refractivity contribution in [2.24, 2.45) is 5.73 Å². The Bertz CT molecular complexity index is 528. The molecule has 1 atom stereocenters. The molecule has 1 aliphatic rings. The van der Waals surface area contributed by atoms with Crippen LogP contribution in [0.5, 0.6) is 5.75 Å². The molecule has 0 spiro atoms. The van der Waals surface area contributed by atoms with E-state index in [2.05, 4.69) is 12.2 Å². The van der Waals surface area contributed by atoms with Crippen LogP contribution in [0.3, 0.4) is 0 Å². The molecule has 100 valence electrons. The maximum absolute atomic E-state index is 11.9. The third kappa shape index (κ3) is 2.59. The molecule has 0 aromatic heterocycles. The minimum atomic E-state index is -3.28. The molecule has 0 aliphatic carbocycles. The molecule has 6 heteroatoms. The molecule has 0 amide bonds. The number of rotatable bonds is 4. The number of anilines is 1. The summed E-state index contributed by atoms with van der Waals surface area (Å²) < 4.78 is 29.5. The molecule has 0 saturated carbocycles. The molecule has 1 aromatic carbocycles. The van der Waals surface area contributed by atoms with Crippen molar-refractivity contribution in [3.05, 3.63) is 18.2 Å². The molecule has 1 aromatic rings. The number of sulfone groups is 1. The molecule has 1 aliphatic heterocycles. The van der Waals surface area contributed by atoms with Gasteiger partial charge in [0.25, 0.3) is 0 Å². The van der Waals surface area contributed by atoms with Gasteiger partial charge in [-0.3, -0.25) is 0 Å². The lowest BCUT2D eigenvalue weighted by Crippen LogP contribution is -2.30. The van der Waals surface area contributed by atoms with Crippen LogP contribution < -0.4 is 15.8 Å². The van der Waals surface area contributed by atoms with Crippen molar-refractivity contribution in [1.82, 2.24) is 0 Å². The first kappa shape index (κ1) is 13.2. The first-order valence-electron chi connectivity index (χ1n) is 6.04. The molecular weight excluding hydrogens is 252 g/mol. The van der Waals surface area contributed by atoms with Gasteiger partial charge in [-0.25, -0.2) is 8.42 Å². The van der Waals surface area contributed by atoms with E-state index in [1.165, 1.54) is 0 Å². The van der Waals surface area contributed by atoms with Crippen molar-refractivity contribution in [3.63, 3.8) is 0 Å². The van der Waals surface area contributed by atoms with Crippen molar-refractivity contribution in [1.29, 1.82) is 0 Å². The van der Waals surface area contributed by atoms with E-state index in [-0.39, 0.29) is 23.3 Å². The summed E-state index contributed by atoms with van der Waals surface area (Å²) in [6, 6.07) is 4.89. The van der Waals surface area contributed by atoms with Gasteiger partial charge in [0.1, 0.15) is 11.9 Å². The summed E-state index contributed by atoms with van der Waals surface area (Å²) in [4.78, 5) is 0.290. The second-order valence-corrected chi connectivity index (χ2v) is 6.40.